The average molecular weight is 1300 g/mol. The number of phenolic OH excluding ortho intramolecular Hbond substituents is 4. The van der Waals surface area contributed by atoms with Gasteiger partial charge in [-0.05, 0) is 102 Å². The van der Waals surface area contributed by atoms with Crippen molar-refractivity contribution in [1.82, 2.24) is 9.80 Å². The zero-order valence-corrected chi connectivity index (χ0v) is 49.5. The first-order valence-corrected chi connectivity index (χ1v) is 25.4. The normalized spacial score (nSPS) is 16.9. The van der Waals surface area contributed by atoms with Crippen molar-refractivity contribution < 1.29 is 121 Å². The third-order valence-electron chi connectivity index (χ3n) is 12.5. The smallest absolute Gasteiger partial charge is 0.661 e. The molecule has 0 radical (unpaired) electrons. The predicted octanol–water partition coefficient (Wildman–Crippen LogP) is 4.35. The van der Waals surface area contributed by atoms with Crippen molar-refractivity contribution in [3.8, 4) is 23.0 Å². The van der Waals surface area contributed by atoms with E-state index in [1.54, 1.807) is 24.3 Å². The van der Waals surface area contributed by atoms with Gasteiger partial charge >= 0.3 is 35.0 Å². The number of carbonyl (C=O) groups excluding carboxylic acids is 8. The van der Waals surface area contributed by atoms with Gasteiger partial charge in [0.25, 0.3) is 0 Å². The summed E-state index contributed by atoms with van der Waals surface area (Å²) >= 11 is 0. The van der Waals surface area contributed by atoms with Gasteiger partial charge < -0.3 is 91.5 Å². The number of rotatable bonds is 20. The number of phenols is 4. The van der Waals surface area contributed by atoms with E-state index in [1.165, 1.54) is 50.2 Å². The van der Waals surface area contributed by atoms with Gasteiger partial charge in [-0.1, -0.05) is 36.4 Å². The van der Waals surface area contributed by atoms with E-state index < -0.39 is 196 Å². The number of hydrogen-bond donors (Lipinski definition) is 8. The number of anilines is 4. The quantitative estimate of drug-likeness (QED) is 0.0131. The molecule has 0 atom stereocenters. The monoisotopic (exact) mass is 1300 g/mol. The summed E-state index contributed by atoms with van der Waals surface area (Å²) in [7, 11) is 0. The van der Waals surface area contributed by atoms with Crippen LogP contribution in [0.4, 0.5) is 22.7 Å². The maximum Gasteiger partial charge on any atom is 2.00 e. The van der Waals surface area contributed by atoms with Gasteiger partial charge in [0.1, 0.15) is 23.0 Å². The van der Waals surface area contributed by atoms with E-state index >= 15 is 0 Å². The third-order valence-corrected chi connectivity index (χ3v) is 12.5. The Labute approximate surface area is 575 Å². The number of fused-ring (bicyclic) bond motifs is 4. The van der Waals surface area contributed by atoms with Gasteiger partial charge in [0.2, 0.25) is 23.1 Å². The first-order valence-electron chi connectivity index (χ1n) is 37.4. The van der Waals surface area contributed by atoms with Gasteiger partial charge in [0, 0.05) is 76.5 Å². The molecule has 0 saturated carbocycles. The van der Waals surface area contributed by atoms with Crippen molar-refractivity contribution >= 4 is 105 Å². The molecule has 8 rings (SSSR count). The summed E-state index contributed by atoms with van der Waals surface area (Å²) in [5.74, 6) is -9.03. The molecule has 2 aliphatic carbocycles. The van der Waals surface area contributed by atoms with Gasteiger partial charge in [-0.25, -0.2) is 9.59 Å². The number of nitrogens with one attached hydrogen (secondary N) is 4. The number of hydroxylamine groups is 6. The molecule has 476 valence electrons. The Bertz CT molecular complexity index is 4240. The molecule has 2 aliphatic rings. The number of carbonyl (C=O) groups is 8. The zero-order chi connectivity index (χ0) is 85.5. The number of nitrogens with zero attached hydrogens (tertiary/aromatic N) is 4. The van der Waals surface area contributed by atoms with Crippen LogP contribution in [0.1, 0.15) is 152 Å². The molecule has 28 heteroatoms. The molecule has 0 unspecified atom stereocenters. The first-order chi connectivity index (χ1) is 51.2. The second-order valence-electron chi connectivity index (χ2n) is 18.7. The van der Waals surface area contributed by atoms with Gasteiger partial charge in [-0.3, -0.25) is 28.8 Å². The number of benzene rings is 6. The topological polar surface area (TPSA) is 383 Å². The van der Waals surface area contributed by atoms with Crippen LogP contribution in [-0.2, 0) is 9.78 Å². The van der Waals surface area contributed by atoms with Crippen molar-refractivity contribution in [3.63, 3.8) is 0 Å². The molecule has 8 N–H and O–H groups in total. The Morgan fingerprint density at radius 2 is 0.700 bits per heavy atom. The van der Waals surface area contributed by atoms with Crippen molar-refractivity contribution in [2.24, 2.45) is 0 Å². The maximum absolute atomic E-state index is 13.6. The molecular weight excluding hydrogens is 1200 g/mol. The second kappa shape index (κ2) is 33.3. The molecule has 0 aromatic heterocycles. The van der Waals surface area contributed by atoms with Gasteiger partial charge in [-0.2, -0.15) is 0 Å². The predicted molar refractivity (Wildman–Crippen MR) is 335 cm³/mol. The van der Waals surface area contributed by atoms with Gasteiger partial charge in [-0.15, -0.1) is 12.4 Å². The van der Waals surface area contributed by atoms with Crippen LogP contribution >= 0.6 is 12.4 Å². The number of hydrogen-bond acceptors (Lipinski definition) is 24. The van der Waals surface area contributed by atoms with E-state index in [4.69, 9.17) is 32.9 Å². The summed E-state index contributed by atoms with van der Waals surface area (Å²) in [4.78, 5) is 105. The summed E-state index contributed by atoms with van der Waals surface area (Å²) in [6.45, 7) is -28.3. The van der Waals surface area contributed by atoms with E-state index in [1.807, 2.05) is 0 Å². The van der Waals surface area contributed by atoms with Crippen molar-refractivity contribution in [2.75, 3.05) is 129 Å². The number of halogens is 1. The van der Waals surface area contributed by atoms with Crippen LogP contribution in [-0.4, -0.2) is 217 Å². The Morgan fingerprint density at radius 1 is 0.444 bits per heavy atom. The largest absolute Gasteiger partial charge is 2.00 e. The van der Waals surface area contributed by atoms with Gasteiger partial charge in [0.15, 0.2) is 11.6 Å². The van der Waals surface area contributed by atoms with Crippen molar-refractivity contribution in [2.45, 2.75) is 13.8 Å². The summed E-state index contributed by atoms with van der Waals surface area (Å²) in [6, 6.07) is 20.9. The molecule has 0 aliphatic heterocycles. The Morgan fingerprint density at radius 3 is 0.933 bits per heavy atom. The Kier molecular flexibility index (Phi) is 16.9. The molecule has 6 aromatic carbocycles. The summed E-state index contributed by atoms with van der Waals surface area (Å²) < 4.78 is 174. The Balaban J connectivity index is 0.000000442. The molecule has 0 spiro atoms. The first kappa shape index (κ1) is 45.6. The molecular formula is C62H71ClMgN8O18. The second-order valence-corrected chi connectivity index (χ2v) is 18.7. The van der Waals surface area contributed by atoms with Crippen LogP contribution in [0.5, 0.6) is 23.0 Å². The van der Waals surface area contributed by atoms with E-state index in [9.17, 15) is 79.7 Å². The molecule has 6 aromatic rings. The summed E-state index contributed by atoms with van der Waals surface area (Å²) in [5, 5.41) is 97.5. The number of ketones is 6. The molecule has 0 saturated heterocycles. The molecule has 90 heavy (non-hydrogen) atoms. The number of aromatic hydroxyl groups is 4. The zero-order valence-electron chi connectivity index (χ0n) is 71.3. The van der Waals surface area contributed by atoms with Crippen LogP contribution in [0.3, 0.4) is 0 Å². The molecule has 0 fully saturated rings. The summed E-state index contributed by atoms with van der Waals surface area (Å²) in [6.07, 6.45) is 0. The van der Waals surface area contributed by atoms with Crippen molar-refractivity contribution in [1.29, 1.82) is 0 Å². The fourth-order valence-electron chi connectivity index (χ4n) is 8.65. The molecule has 0 amide bonds. The van der Waals surface area contributed by atoms with E-state index in [0.29, 0.717) is 9.80 Å². The fraction of sp³-hybridized carbons (Fsp3) is 0.290. The van der Waals surface area contributed by atoms with Crippen LogP contribution in [0.15, 0.2) is 97.1 Å². The molecule has 0 bridgehead atoms. The van der Waals surface area contributed by atoms with E-state index in [2.05, 4.69) is 31.0 Å². The van der Waals surface area contributed by atoms with E-state index in [0.717, 1.165) is 36.4 Å². The SMILES string of the molecule is CC(=O)c1ccccc1C(=O)O[O-].CC(=O)c1ccccc1C(=O)O[O-].Cl.[2H]C([2H])([2H])N(CCNc1ccc(NCCN(C([2H])([2H])[2H])C([2H])([2H])[2H])c2c1C(=O)c1c(O)ccc(O)c1C2=O)C([2H])([2H])[2H].[2H]C([2H])([2H])[N+]([O-])(CCNc1ccc(NCC[N+]([O-])(C([2H])([2H])[2H])C([2H])([2H])[2H])c2c1C(=O)c1c(O)ccc(O)c1C2=O)C([2H])([2H])[2H].[Mg+2]. The minimum absolute atomic E-state index is 0. The molecule has 0 heterocycles. The minimum Gasteiger partial charge on any atom is -0.661 e. The standard InChI is InChI=1S/C22H28N4O6.C22H28N4O4.2C9H8O4.ClH.Mg/c1-25(2,31)11-9-23-13-5-6-14(24-10-12-26(3,4)32)18-17(13)21(29)19-15(27)7-8-16(28)20(19)22(18)30;1-25(2)11-9-23-13-5-6-14(24-10-12-26(3)4)18-17(13)21(29)19-15(27)7-8-16(28)20(19)22(18)30;2*1-6(10)7-4-2-3-5-8(7)9(11)13-12;;/h5-8,23-24,27-28H,9-12H2,1-4H3;5-8,23-24,27-28H,9-12H2,1-4H3;2*2-5,12H,1H3;1H;/q;;;;;+2/p-2/i2*1D3,2D3,3D3,4D3;;;;. The third kappa shape index (κ3) is 19.2. The van der Waals surface area contributed by atoms with Crippen molar-refractivity contribution in [3.05, 3.63) is 174 Å². The molecule has 26 nitrogen and oxygen atoms in total. The summed E-state index contributed by atoms with van der Waals surface area (Å²) in [5.41, 5.74) is -3.75. The van der Waals surface area contributed by atoms with E-state index in [-0.39, 0.29) is 116 Å². The number of quaternary nitrogens is 2. The number of Topliss-reactive ketones (excluding diaryl/α,β-unsaturated/α-hetero) is 2. The van der Waals surface area contributed by atoms with Crippen LogP contribution in [0, 0.1) is 10.4 Å². The number of likely N-dealkylation sites (N-methyl/N-ethyl adjacent to an activating group) is 4. The van der Waals surface area contributed by atoms with Gasteiger partial charge in [0.05, 0.1) is 126 Å². The van der Waals surface area contributed by atoms with Crippen LogP contribution in [0.25, 0.3) is 0 Å². The fourth-order valence-corrected chi connectivity index (χ4v) is 8.65. The van der Waals surface area contributed by atoms with Crippen LogP contribution in [0.2, 0.25) is 0 Å². The maximum atomic E-state index is 13.6. The average Bonchev–Trinajstić information content (AvgIpc) is 0.730. The minimum atomic E-state index is -3.51. The Hall–Kier alpha value is -8.58. The van der Waals surface area contributed by atoms with Crippen LogP contribution < -0.4 is 31.8 Å².